The predicted molar refractivity (Wildman–Crippen MR) is 128 cm³/mol. The maximum atomic E-state index is 13.5. The fraction of sp³-hybridized carbons (Fsp3) is 0.600. The topological polar surface area (TPSA) is 130 Å². The highest BCUT2D eigenvalue weighted by Crippen LogP contribution is 2.26. The zero-order chi connectivity index (χ0) is 29.5. The number of rotatable bonds is 19. The van der Waals surface area contributed by atoms with Crippen LogP contribution in [0, 0.1) is 29.2 Å². The van der Waals surface area contributed by atoms with Gasteiger partial charge >= 0.3 is 5.97 Å². The van der Waals surface area contributed by atoms with Gasteiger partial charge in [-0.25, -0.2) is 8.78 Å². The Bertz CT molecular complexity index is 1000. The number of nitrogens with one attached hydrogen (secondary N) is 1. The Balaban J connectivity index is 1.36. The quantitative estimate of drug-likeness (QED) is 0.0647. The Hall–Kier alpha value is -3.14. The van der Waals surface area contributed by atoms with Gasteiger partial charge in [-0.15, -0.1) is 0 Å². The molecule has 0 aliphatic carbocycles. The molecule has 1 aromatic rings. The number of carbonyl (C=O) groups is 4. The average Bonchev–Trinajstić information content (AvgIpc) is 3.16. The fourth-order valence-electron chi connectivity index (χ4n) is 3.37. The van der Waals surface area contributed by atoms with Crippen LogP contribution in [-0.4, -0.2) is 94.5 Å². The summed E-state index contributed by atoms with van der Waals surface area (Å²) in [5.74, 6) is -10.7. The molecule has 1 atom stereocenters. The Morgan fingerprint density at radius 2 is 1.38 bits per heavy atom. The van der Waals surface area contributed by atoms with Crippen molar-refractivity contribution in [3.8, 4) is 5.75 Å². The van der Waals surface area contributed by atoms with Crippen LogP contribution in [0.3, 0.4) is 0 Å². The van der Waals surface area contributed by atoms with Crippen molar-refractivity contribution in [1.29, 1.82) is 0 Å². The van der Waals surface area contributed by atoms with Crippen LogP contribution in [0.15, 0.2) is 6.07 Å². The van der Waals surface area contributed by atoms with Gasteiger partial charge in [0.2, 0.25) is 35.1 Å². The summed E-state index contributed by atoms with van der Waals surface area (Å²) in [6.45, 7) is 3.50. The van der Waals surface area contributed by atoms with Crippen molar-refractivity contribution < 1.29 is 60.4 Å². The van der Waals surface area contributed by atoms with Crippen molar-refractivity contribution in [2.24, 2.45) is 5.92 Å². The van der Waals surface area contributed by atoms with E-state index >= 15 is 0 Å². The number of esters is 1. The van der Waals surface area contributed by atoms with Gasteiger partial charge in [-0.1, -0.05) is 6.92 Å². The second kappa shape index (κ2) is 17.5. The number of hydrogen-bond acceptors (Lipinski definition) is 9. The molecule has 1 aliphatic rings. The zero-order valence-corrected chi connectivity index (χ0v) is 22.0. The normalized spacial score (nSPS) is 15.1. The summed E-state index contributed by atoms with van der Waals surface area (Å²) in [5.41, 5.74) is 0. The molecular formula is C25H32F4N2O9. The van der Waals surface area contributed by atoms with E-state index < -0.39 is 41.4 Å². The summed E-state index contributed by atoms with van der Waals surface area (Å²) in [7, 11) is 0. The third-order valence-corrected chi connectivity index (χ3v) is 5.45. The minimum absolute atomic E-state index is 0.00499. The molecule has 1 aliphatic heterocycles. The Kier molecular flexibility index (Phi) is 14.5. The molecule has 1 aromatic carbocycles. The second-order valence-corrected chi connectivity index (χ2v) is 8.56. The molecule has 1 N–H and O–H groups in total. The molecular weight excluding hydrogens is 548 g/mol. The monoisotopic (exact) mass is 580 g/mol. The van der Waals surface area contributed by atoms with E-state index in [0.717, 1.165) is 4.90 Å². The molecule has 0 spiro atoms. The molecule has 0 saturated carbocycles. The van der Waals surface area contributed by atoms with Gasteiger partial charge in [0.05, 0.1) is 59.3 Å². The van der Waals surface area contributed by atoms with Crippen molar-refractivity contribution in [3.63, 3.8) is 0 Å². The van der Waals surface area contributed by atoms with Gasteiger partial charge in [0, 0.05) is 37.9 Å². The van der Waals surface area contributed by atoms with Crippen molar-refractivity contribution in [2.45, 2.75) is 26.2 Å². The van der Waals surface area contributed by atoms with Crippen molar-refractivity contribution in [3.05, 3.63) is 29.3 Å². The van der Waals surface area contributed by atoms with Crippen LogP contribution < -0.4 is 10.1 Å². The summed E-state index contributed by atoms with van der Waals surface area (Å²) >= 11 is 0. The van der Waals surface area contributed by atoms with Gasteiger partial charge in [-0.05, 0) is 0 Å². The maximum Gasteiger partial charge on any atom is 0.313 e. The highest BCUT2D eigenvalue weighted by Gasteiger charge is 2.35. The molecule has 1 unspecified atom stereocenters. The largest absolute Gasteiger partial charge is 0.420 e. The van der Waals surface area contributed by atoms with Gasteiger partial charge in [-0.3, -0.25) is 24.1 Å². The lowest BCUT2D eigenvalue weighted by Crippen LogP contribution is -2.35. The van der Waals surface area contributed by atoms with E-state index in [9.17, 15) is 36.7 Å². The summed E-state index contributed by atoms with van der Waals surface area (Å²) < 4.78 is 78.5. The third-order valence-electron chi connectivity index (χ3n) is 5.45. The molecule has 0 bridgehead atoms. The van der Waals surface area contributed by atoms with E-state index in [4.69, 9.17) is 18.9 Å². The highest BCUT2D eigenvalue weighted by atomic mass is 19.2. The van der Waals surface area contributed by atoms with Gasteiger partial charge in [0.15, 0.2) is 11.6 Å². The summed E-state index contributed by atoms with van der Waals surface area (Å²) in [6.07, 6.45) is -0.200. The third kappa shape index (κ3) is 11.2. The molecule has 15 heteroatoms. The summed E-state index contributed by atoms with van der Waals surface area (Å²) in [4.78, 5) is 48.0. The molecule has 1 fully saturated rings. The van der Waals surface area contributed by atoms with Crippen LogP contribution in [-0.2, 0) is 38.1 Å². The lowest BCUT2D eigenvalue weighted by atomic mass is 10.1. The van der Waals surface area contributed by atoms with Crippen molar-refractivity contribution in [2.75, 3.05) is 65.9 Å². The molecule has 2 rings (SSSR count). The van der Waals surface area contributed by atoms with E-state index in [-0.39, 0.29) is 95.3 Å². The number of ether oxygens (including phenoxy) is 5. The van der Waals surface area contributed by atoms with Gasteiger partial charge in [0.25, 0.3) is 0 Å². The lowest BCUT2D eigenvalue weighted by Gasteiger charge is -2.14. The number of halogens is 4. The predicted octanol–water partition coefficient (Wildman–Crippen LogP) is 1.51. The molecule has 0 aromatic heterocycles. The number of likely N-dealkylation sites (tertiary alicyclic amines) is 1. The smallest absolute Gasteiger partial charge is 0.313 e. The fourth-order valence-corrected chi connectivity index (χ4v) is 3.37. The van der Waals surface area contributed by atoms with Crippen LogP contribution in [0.4, 0.5) is 17.6 Å². The average molecular weight is 581 g/mol. The zero-order valence-electron chi connectivity index (χ0n) is 22.0. The summed E-state index contributed by atoms with van der Waals surface area (Å²) in [6, 6.07) is 0.00499. The molecule has 1 heterocycles. The van der Waals surface area contributed by atoms with Gasteiger partial charge in [0.1, 0.15) is 0 Å². The number of imide groups is 1. The van der Waals surface area contributed by atoms with Crippen molar-refractivity contribution in [1.82, 2.24) is 10.2 Å². The molecule has 3 amide bonds. The van der Waals surface area contributed by atoms with Crippen LogP contribution in [0.5, 0.6) is 5.75 Å². The molecule has 1 saturated heterocycles. The number of hydrogen-bond donors (Lipinski definition) is 1. The number of carbonyl (C=O) groups excluding carboxylic acids is 4. The van der Waals surface area contributed by atoms with Gasteiger partial charge in [-0.2, -0.15) is 8.78 Å². The first-order chi connectivity index (χ1) is 19.1. The van der Waals surface area contributed by atoms with Gasteiger partial charge < -0.3 is 29.0 Å². The van der Waals surface area contributed by atoms with E-state index in [1.165, 1.54) is 0 Å². The first-order valence-corrected chi connectivity index (χ1v) is 12.6. The lowest BCUT2D eigenvalue weighted by molar-refractivity contribution is -0.140. The van der Waals surface area contributed by atoms with Crippen molar-refractivity contribution >= 4 is 23.7 Å². The van der Waals surface area contributed by atoms with Crippen LogP contribution in [0.1, 0.15) is 26.2 Å². The Labute approximate surface area is 228 Å². The van der Waals surface area contributed by atoms with Crippen LogP contribution in [0.25, 0.3) is 0 Å². The number of amides is 3. The Morgan fingerprint density at radius 3 is 1.90 bits per heavy atom. The maximum absolute atomic E-state index is 13.5. The molecule has 224 valence electrons. The van der Waals surface area contributed by atoms with E-state index in [2.05, 4.69) is 10.1 Å². The molecule has 11 nitrogen and oxygen atoms in total. The van der Waals surface area contributed by atoms with E-state index in [0.29, 0.717) is 13.2 Å². The second-order valence-electron chi connectivity index (χ2n) is 8.56. The number of benzene rings is 1. The minimum Gasteiger partial charge on any atom is -0.420 e. The van der Waals surface area contributed by atoms with E-state index in [1.54, 1.807) is 6.92 Å². The summed E-state index contributed by atoms with van der Waals surface area (Å²) in [5, 5.41) is 2.64. The Morgan fingerprint density at radius 1 is 0.850 bits per heavy atom. The highest BCUT2D eigenvalue weighted by molar-refractivity contribution is 6.03. The molecule has 40 heavy (non-hydrogen) atoms. The molecule has 0 radical (unpaired) electrons. The standard InChI is InChI=1S/C25H32F4N2O9/c1-16-14-20(33)31(25(16)35)5-2-19(32)30-4-7-37-9-11-39-13-12-38-10-8-36-6-3-21(34)40-24-22(28)17(26)15-18(27)23(24)29/h15-16H,2-14H2,1H3,(H,30,32). The van der Waals surface area contributed by atoms with Crippen LogP contribution >= 0.6 is 0 Å². The SMILES string of the molecule is CC1CC(=O)N(CCC(=O)NCCOCCOCCOCCOCCC(=O)Oc2c(F)c(F)cc(F)c2F)C1=O. The number of nitrogens with zero attached hydrogens (tertiary/aromatic N) is 1. The van der Waals surface area contributed by atoms with Crippen LogP contribution in [0.2, 0.25) is 0 Å². The minimum atomic E-state index is -1.81. The van der Waals surface area contributed by atoms with E-state index in [1.807, 2.05) is 0 Å². The first kappa shape index (κ1) is 33.1. The first-order valence-electron chi connectivity index (χ1n) is 12.6.